The van der Waals surface area contributed by atoms with Crippen LogP contribution in [0.5, 0.6) is 0 Å². The number of benzene rings is 1. The summed E-state index contributed by atoms with van der Waals surface area (Å²) in [5.41, 5.74) is 5.46. The first-order valence-corrected chi connectivity index (χ1v) is 7.08. The van der Waals surface area contributed by atoms with Crippen LogP contribution >= 0.6 is 15.9 Å². The van der Waals surface area contributed by atoms with E-state index >= 15 is 0 Å². The van der Waals surface area contributed by atoms with Crippen molar-refractivity contribution in [3.63, 3.8) is 0 Å². The number of carbonyl (C=O) groups excluding carboxylic acids is 1. The molecule has 2 aromatic rings. The van der Waals surface area contributed by atoms with Gasteiger partial charge in [0.15, 0.2) is 10.4 Å². The minimum Gasteiger partial charge on any atom is -0.444 e. The molecule has 0 radical (unpaired) electrons. The standard InChI is InChI=1S/C15H15BrN2O2/c1-3-11-4-6-12(7-5-11)10(2)17-18-15(19)13-8-9-14(16)20-13/h4-9H,3H2,1-2H3,(H,18,19)/b17-10+. The molecular weight excluding hydrogens is 320 g/mol. The summed E-state index contributed by atoms with van der Waals surface area (Å²) >= 11 is 3.15. The number of carbonyl (C=O) groups is 1. The topological polar surface area (TPSA) is 54.6 Å². The van der Waals surface area contributed by atoms with Crippen molar-refractivity contribution in [3.8, 4) is 0 Å². The largest absolute Gasteiger partial charge is 0.444 e. The molecular formula is C15H15BrN2O2. The Balaban J connectivity index is 2.04. The van der Waals surface area contributed by atoms with Gasteiger partial charge >= 0.3 is 5.91 Å². The number of furan rings is 1. The molecule has 104 valence electrons. The first-order valence-electron chi connectivity index (χ1n) is 6.29. The Labute approximate surface area is 126 Å². The van der Waals surface area contributed by atoms with Crippen LogP contribution in [0.2, 0.25) is 0 Å². The highest BCUT2D eigenvalue weighted by molar-refractivity contribution is 9.10. The molecule has 4 nitrogen and oxygen atoms in total. The van der Waals surface area contributed by atoms with Crippen LogP contribution in [0.4, 0.5) is 0 Å². The van der Waals surface area contributed by atoms with Crippen molar-refractivity contribution >= 4 is 27.5 Å². The highest BCUT2D eigenvalue weighted by atomic mass is 79.9. The van der Waals surface area contributed by atoms with Gasteiger partial charge in [-0.1, -0.05) is 31.2 Å². The van der Waals surface area contributed by atoms with E-state index in [-0.39, 0.29) is 11.7 Å². The van der Waals surface area contributed by atoms with Gasteiger partial charge in [0.1, 0.15) is 0 Å². The van der Waals surface area contributed by atoms with Gasteiger partial charge in [-0.15, -0.1) is 0 Å². The number of hydrazone groups is 1. The fourth-order valence-electron chi connectivity index (χ4n) is 1.67. The summed E-state index contributed by atoms with van der Waals surface area (Å²) < 4.78 is 5.66. The third-order valence-electron chi connectivity index (χ3n) is 2.90. The van der Waals surface area contributed by atoms with E-state index in [2.05, 4.69) is 45.5 Å². The molecule has 0 bridgehead atoms. The summed E-state index contributed by atoms with van der Waals surface area (Å²) in [6, 6.07) is 11.3. The zero-order valence-corrected chi connectivity index (χ0v) is 12.9. The maximum atomic E-state index is 11.8. The van der Waals surface area contributed by atoms with Gasteiger partial charge in [0.25, 0.3) is 0 Å². The van der Waals surface area contributed by atoms with Gasteiger partial charge in [-0.3, -0.25) is 4.79 Å². The van der Waals surface area contributed by atoms with Crippen LogP contribution < -0.4 is 5.43 Å². The molecule has 0 unspecified atom stereocenters. The van der Waals surface area contributed by atoms with E-state index in [1.54, 1.807) is 12.1 Å². The maximum Gasteiger partial charge on any atom is 0.307 e. The summed E-state index contributed by atoms with van der Waals surface area (Å²) in [5.74, 6) is -0.157. The molecule has 2 rings (SSSR count). The van der Waals surface area contributed by atoms with Gasteiger partial charge < -0.3 is 4.42 Å². The molecule has 0 aliphatic heterocycles. The number of rotatable bonds is 4. The lowest BCUT2D eigenvalue weighted by molar-refractivity contribution is 0.0926. The highest BCUT2D eigenvalue weighted by Gasteiger charge is 2.09. The van der Waals surface area contributed by atoms with Crippen molar-refractivity contribution in [2.75, 3.05) is 0 Å². The second-order valence-electron chi connectivity index (χ2n) is 4.29. The van der Waals surface area contributed by atoms with Crippen molar-refractivity contribution in [2.45, 2.75) is 20.3 Å². The highest BCUT2D eigenvalue weighted by Crippen LogP contribution is 2.13. The number of hydrogen-bond donors (Lipinski definition) is 1. The molecule has 1 heterocycles. The Morgan fingerprint density at radius 2 is 1.95 bits per heavy atom. The zero-order valence-electron chi connectivity index (χ0n) is 11.3. The third-order valence-corrected chi connectivity index (χ3v) is 3.33. The number of hydrogen-bond acceptors (Lipinski definition) is 3. The molecule has 0 atom stereocenters. The van der Waals surface area contributed by atoms with Gasteiger partial charge in [0.05, 0.1) is 5.71 Å². The molecule has 1 N–H and O–H groups in total. The Morgan fingerprint density at radius 1 is 1.25 bits per heavy atom. The molecule has 0 fully saturated rings. The van der Waals surface area contributed by atoms with Gasteiger partial charge in [0.2, 0.25) is 0 Å². The number of halogens is 1. The smallest absolute Gasteiger partial charge is 0.307 e. The van der Waals surface area contributed by atoms with Crippen LogP contribution in [-0.2, 0) is 6.42 Å². The quantitative estimate of drug-likeness (QED) is 0.683. The molecule has 0 saturated heterocycles. The molecule has 1 amide bonds. The average Bonchev–Trinajstić information content (AvgIpc) is 2.91. The van der Waals surface area contributed by atoms with Crippen molar-refractivity contribution in [2.24, 2.45) is 5.10 Å². The van der Waals surface area contributed by atoms with E-state index in [1.807, 2.05) is 19.1 Å². The molecule has 1 aromatic carbocycles. The third kappa shape index (κ3) is 3.57. The van der Waals surface area contributed by atoms with Crippen LogP contribution in [0, 0.1) is 0 Å². The van der Waals surface area contributed by atoms with Crippen molar-refractivity contribution in [1.29, 1.82) is 0 Å². The van der Waals surface area contributed by atoms with Crippen LogP contribution in [0.15, 0.2) is 50.6 Å². The summed E-state index contributed by atoms with van der Waals surface area (Å²) in [5, 5.41) is 4.08. The van der Waals surface area contributed by atoms with E-state index in [0.29, 0.717) is 4.67 Å². The van der Waals surface area contributed by atoms with Crippen LogP contribution in [0.3, 0.4) is 0 Å². The molecule has 0 aliphatic carbocycles. The van der Waals surface area contributed by atoms with Crippen molar-refractivity contribution < 1.29 is 9.21 Å². The van der Waals surface area contributed by atoms with E-state index in [1.165, 1.54) is 5.56 Å². The molecule has 20 heavy (non-hydrogen) atoms. The second-order valence-corrected chi connectivity index (χ2v) is 5.07. The van der Waals surface area contributed by atoms with Gasteiger partial charge in [-0.05, 0) is 52.5 Å². The number of nitrogens with one attached hydrogen (secondary N) is 1. The summed E-state index contributed by atoms with van der Waals surface area (Å²) in [4.78, 5) is 11.8. The summed E-state index contributed by atoms with van der Waals surface area (Å²) in [6.07, 6.45) is 1.00. The van der Waals surface area contributed by atoms with Gasteiger partial charge in [-0.2, -0.15) is 5.10 Å². The Kier molecular flexibility index (Phi) is 4.74. The minimum absolute atomic E-state index is 0.217. The normalized spacial score (nSPS) is 11.4. The first-order chi connectivity index (χ1) is 9.60. The Morgan fingerprint density at radius 3 is 2.50 bits per heavy atom. The SMILES string of the molecule is CCc1ccc(/C(C)=N/NC(=O)c2ccc(Br)o2)cc1. The monoisotopic (exact) mass is 334 g/mol. The van der Waals surface area contributed by atoms with Crippen molar-refractivity contribution in [3.05, 3.63) is 58.0 Å². The summed E-state index contributed by atoms with van der Waals surface area (Å²) in [6.45, 7) is 3.96. The van der Waals surface area contributed by atoms with E-state index in [9.17, 15) is 4.79 Å². The molecule has 0 spiro atoms. The van der Waals surface area contributed by atoms with Crippen LogP contribution in [0.25, 0.3) is 0 Å². The average molecular weight is 335 g/mol. The van der Waals surface area contributed by atoms with E-state index in [0.717, 1.165) is 17.7 Å². The number of amides is 1. The predicted octanol–water partition coefficient (Wildman–Crippen LogP) is 3.76. The first kappa shape index (κ1) is 14.5. The molecule has 5 heteroatoms. The fourth-order valence-corrected chi connectivity index (χ4v) is 1.98. The molecule has 0 saturated carbocycles. The number of aryl methyl sites for hydroxylation is 1. The van der Waals surface area contributed by atoms with E-state index < -0.39 is 0 Å². The second kappa shape index (κ2) is 6.52. The zero-order chi connectivity index (χ0) is 14.5. The van der Waals surface area contributed by atoms with Gasteiger partial charge in [0, 0.05) is 0 Å². The minimum atomic E-state index is -0.375. The Bertz CT molecular complexity index is 630. The van der Waals surface area contributed by atoms with Crippen molar-refractivity contribution in [1.82, 2.24) is 5.43 Å². The fraction of sp³-hybridized carbons (Fsp3) is 0.200. The van der Waals surface area contributed by atoms with Crippen LogP contribution in [0.1, 0.15) is 35.5 Å². The maximum absolute atomic E-state index is 11.8. The molecule has 1 aromatic heterocycles. The number of nitrogens with zero attached hydrogens (tertiary/aromatic N) is 1. The lowest BCUT2D eigenvalue weighted by Crippen LogP contribution is -2.18. The van der Waals surface area contributed by atoms with Gasteiger partial charge in [-0.25, -0.2) is 5.43 Å². The lowest BCUT2D eigenvalue weighted by Gasteiger charge is -2.03. The van der Waals surface area contributed by atoms with E-state index in [4.69, 9.17) is 4.42 Å². The molecule has 0 aliphatic rings. The van der Waals surface area contributed by atoms with Crippen LogP contribution in [-0.4, -0.2) is 11.6 Å². The lowest BCUT2D eigenvalue weighted by atomic mass is 10.1. The summed E-state index contributed by atoms with van der Waals surface area (Å²) in [7, 11) is 0. The predicted molar refractivity (Wildman–Crippen MR) is 81.9 cm³/mol. The Hall–Kier alpha value is -1.88.